The summed E-state index contributed by atoms with van der Waals surface area (Å²) in [6.45, 7) is 0.740. The molecule has 2 heterocycles. The fraction of sp³-hybridized carbons (Fsp3) is 0.300. The second kappa shape index (κ2) is 3.58. The van der Waals surface area contributed by atoms with E-state index in [1.165, 1.54) is 11.1 Å². The number of fused-ring (bicyclic) bond motifs is 1. The van der Waals surface area contributed by atoms with Crippen molar-refractivity contribution in [1.29, 1.82) is 0 Å². The smallest absolute Gasteiger partial charge is 0.0693 e. The molecule has 2 aromatic rings. The van der Waals surface area contributed by atoms with Gasteiger partial charge in [-0.3, -0.25) is 0 Å². The average Bonchev–Trinajstić information content (AvgIpc) is 2.58. The lowest BCUT2D eigenvalue weighted by Gasteiger charge is -1.96. The zero-order valence-corrected chi connectivity index (χ0v) is 7.48. The van der Waals surface area contributed by atoms with Gasteiger partial charge in [0.2, 0.25) is 0 Å². The molecule has 13 heavy (non-hydrogen) atoms. The molecule has 0 radical (unpaired) electrons. The molecule has 0 fully saturated rings. The first kappa shape index (κ1) is 8.26. The Morgan fingerprint density at radius 3 is 3.15 bits per heavy atom. The molecule has 0 aromatic carbocycles. The van der Waals surface area contributed by atoms with Crippen LogP contribution in [-0.2, 0) is 6.42 Å². The Bertz CT molecular complexity index is 392. The van der Waals surface area contributed by atoms with E-state index in [-0.39, 0.29) is 0 Å². The molecule has 0 aliphatic rings. The van der Waals surface area contributed by atoms with Gasteiger partial charge in [0.15, 0.2) is 0 Å². The highest BCUT2D eigenvalue weighted by molar-refractivity contribution is 5.53. The molecule has 3 heteroatoms. The minimum absolute atomic E-state index is 0.740. The van der Waals surface area contributed by atoms with Crippen LogP contribution in [0.4, 0.5) is 0 Å². The van der Waals surface area contributed by atoms with Crippen molar-refractivity contribution < 1.29 is 0 Å². The summed E-state index contributed by atoms with van der Waals surface area (Å²) >= 11 is 0. The van der Waals surface area contributed by atoms with E-state index >= 15 is 0 Å². The number of hydrogen-bond acceptors (Lipinski definition) is 2. The molecule has 2 rings (SSSR count). The van der Waals surface area contributed by atoms with E-state index in [1.807, 2.05) is 29.0 Å². The molecule has 0 aliphatic heterocycles. The SMILES string of the molecule is NCCCc1cnn2ccccc12. The van der Waals surface area contributed by atoms with Crippen LogP contribution in [-0.4, -0.2) is 16.2 Å². The number of aromatic nitrogens is 2. The second-order valence-electron chi connectivity index (χ2n) is 3.09. The van der Waals surface area contributed by atoms with Crippen LogP contribution in [0.25, 0.3) is 5.52 Å². The summed E-state index contributed by atoms with van der Waals surface area (Å²) in [4.78, 5) is 0. The number of nitrogens with zero attached hydrogens (tertiary/aromatic N) is 2. The van der Waals surface area contributed by atoms with Crippen molar-refractivity contribution in [3.63, 3.8) is 0 Å². The number of rotatable bonds is 3. The Hall–Kier alpha value is -1.35. The summed E-state index contributed by atoms with van der Waals surface area (Å²) in [5, 5.41) is 4.25. The fourth-order valence-corrected chi connectivity index (χ4v) is 1.47. The van der Waals surface area contributed by atoms with Crippen LogP contribution in [0, 0.1) is 0 Å². The Morgan fingerprint density at radius 2 is 2.31 bits per heavy atom. The van der Waals surface area contributed by atoms with Gasteiger partial charge in [0.25, 0.3) is 0 Å². The van der Waals surface area contributed by atoms with E-state index in [9.17, 15) is 0 Å². The highest BCUT2D eigenvalue weighted by atomic mass is 15.2. The molecule has 2 aromatic heterocycles. The summed E-state index contributed by atoms with van der Waals surface area (Å²) in [5.74, 6) is 0. The van der Waals surface area contributed by atoms with Gasteiger partial charge in [-0.25, -0.2) is 4.52 Å². The normalized spacial score (nSPS) is 10.8. The maximum absolute atomic E-state index is 5.46. The third-order valence-electron chi connectivity index (χ3n) is 2.16. The minimum Gasteiger partial charge on any atom is -0.330 e. The van der Waals surface area contributed by atoms with Crippen LogP contribution in [0.15, 0.2) is 30.6 Å². The van der Waals surface area contributed by atoms with Crippen molar-refractivity contribution in [2.75, 3.05) is 6.54 Å². The number of pyridine rings is 1. The predicted molar refractivity (Wildman–Crippen MR) is 52.6 cm³/mol. The predicted octanol–water partition coefficient (Wildman–Crippen LogP) is 1.23. The lowest BCUT2D eigenvalue weighted by Crippen LogP contribution is -1.99. The van der Waals surface area contributed by atoms with Crippen molar-refractivity contribution in [1.82, 2.24) is 9.61 Å². The maximum Gasteiger partial charge on any atom is 0.0693 e. The average molecular weight is 175 g/mol. The van der Waals surface area contributed by atoms with Gasteiger partial charge in [0, 0.05) is 6.20 Å². The third-order valence-corrected chi connectivity index (χ3v) is 2.16. The van der Waals surface area contributed by atoms with Gasteiger partial charge in [0.05, 0.1) is 11.7 Å². The van der Waals surface area contributed by atoms with Crippen molar-refractivity contribution in [3.8, 4) is 0 Å². The zero-order valence-electron chi connectivity index (χ0n) is 7.48. The Morgan fingerprint density at radius 1 is 1.38 bits per heavy atom. The summed E-state index contributed by atoms with van der Waals surface area (Å²) in [7, 11) is 0. The van der Waals surface area contributed by atoms with Gasteiger partial charge in [-0.15, -0.1) is 0 Å². The minimum atomic E-state index is 0.740. The molecule has 0 saturated carbocycles. The van der Waals surface area contributed by atoms with Crippen LogP contribution < -0.4 is 5.73 Å². The third kappa shape index (κ3) is 1.55. The molecule has 0 amide bonds. The molecule has 3 nitrogen and oxygen atoms in total. The summed E-state index contributed by atoms with van der Waals surface area (Å²) in [5.41, 5.74) is 7.94. The van der Waals surface area contributed by atoms with Gasteiger partial charge in [-0.05, 0) is 37.1 Å². The van der Waals surface area contributed by atoms with Crippen molar-refractivity contribution in [3.05, 3.63) is 36.2 Å². The van der Waals surface area contributed by atoms with Gasteiger partial charge in [-0.2, -0.15) is 5.10 Å². The Balaban J connectivity index is 2.35. The molecule has 0 unspecified atom stereocenters. The first-order valence-electron chi connectivity index (χ1n) is 4.53. The second-order valence-corrected chi connectivity index (χ2v) is 3.09. The van der Waals surface area contributed by atoms with Crippen LogP contribution in [0.3, 0.4) is 0 Å². The molecule has 0 aliphatic carbocycles. The van der Waals surface area contributed by atoms with Crippen molar-refractivity contribution in [2.45, 2.75) is 12.8 Å². The first-order valence-corrected chi connectivity index (χ1v) is 4.53. The van der Waals surface area contributed by atoms with Crippen LogP contribution in [0.1, 0.15) is 12.0 Å². The van der Waals surface area contributed by atoms with Gasteiger partial charge < -0.3 is 5.73 Å². The number of aryl methyl sites for hydroxylation is 1. The van der Waals surface area contributed by atoms with Gasteiger partial charge >= 0.3 is 0 Å². The largest absolute Gasteiger partial charge is 0.330 e. The van der Waals surface area contributed by atoms with E-state index in [4.69, 9.17) is 5.73 Å². The standard InChI is InChI=1S/C10H13N3/c11-6-3-4-9-8-12-13-7-2-1-5-10(9)13/h1-2,5,7-8H,3-4,6,11H2. The van der Waals surface area contributed by atoms with E-state index in [2.05, 4.69) is 11.2 Å². The quantitative estimate of drug-likeness (QED) is 0.762. The van der Waals surface area contributed by atoms with Gasteiger partial charge in [0.1, 0.15) is 0 Å². The van der Waals surface area contributed by atoms with Crippen molar-refractivity contribution in [2.24, 2.45) is 5.73 Å². The summed E-state index contributed by atoms with van der Waals surface area (Å²) in [6, 6.07) is 6.09. The fourth-order valence-electron chi connectivity index (χ4n) is 1.47. The van der Waals surface area contributed by atoms with Crippen LogP contribution in [0.2, 0.25) is 0 Å². The van der Waals surface area contributed by atoms with Crippen LogP contribution in [0.5, 0.6) is 0 Å². The zero-order chi connectivity index (χ0) is 9.10. The Labute approximate surface area is 77.2 Å². The molecular formula is C10H13N3. The van der Waals surface area contributed by atoms with Crippen LogP contribution >= 0.6 is 0 Å². The van der Waals surface area contributed by atoms with E-state index in [0.29, 0.717) is 0 Å². The maximum atomic E-state index is 5.46. The molecule has 2 N–H and O–H groups in total. The number of hydrogen-bond donors (Lipinski definition) is 1. The number of nitrogens with two attached hydrogens (primary N) is 1. The van der Waals surface area contributed by atoms with Crippen molar-refractivity contribution >= 4 is 5.52 Å². The van der Waals surface area contributed by atoms with E-state index in [0.717, 1.165) is 19.4 Å². The summed E-state index contributed by atoms with van der Waals surface area (Å²) < 4.78 is 1.89. The highest BCUT2D eigenvalue weighted by Gasteiger charge is 2.01. The molecule has 0 spiro atoms. The van der Waals surface area contributed by atoms with Gasteiger partial charge in [-0.1, -0.05) is 6.07 Å². The topological polar surface area (TPSA) is 43.3 Å². The first-order chi connectivity index (χ1) is 6.42. The molecule has 0 bridgehead atoms. The van der Waals surface area contributed by atoms with E-state index in [1.54, 1.807) is 0 Å². The molecule has 68 valence electrons. The Kier molecular flexibility index (Phi) is 2.27. The molecule has 0 atom stereocenters. The lowest BCUT2D eigenvalue weighted by molar-refractivity contribution is 0.837. The highest BCUT2D eigenvalue weighted by Crippen LogP contribution is 2.11. The van der Waals surface area contributed by atoms with E-state index < -0.39 is 0 Å². The molecule has 0 saturated heterocycles. The monoisotopic (exact) mass is 175 g/mol. The molecular weight excluding hydrogens is 162 g/mol. The summed E-state index contributed by atoms with van der Waals surface area (Å²) in [6.07, 6.45) is 5.92. The lowest BCUT2D eigenvalue weighted by atomic mass is 10.1.